The van der Waals surface area contributed by atoms with Crippen molar-refractivity contribution in [1.29, 1.82) is 0 Å². The third-order valence-electron chi connectivity index (χ3n) is 5.51. The molecule has 0 aliphatic carbocycles. The van der Waals surface area contributed by atoms with Crippen LogP contribution >= 0.6 is 0 Å². The van der Waals surface area contributed by atoms with Gasteiger partial charge in [0.05, 0.1) is 38.6 Å². The van der Waals surface area contributed by atoms with Crippen molar-refractivity contribution in [2.75, 3.05) is 26.9 Å². The standard InChI is InChI=1S/C24H24FN3O8/c1-33-14-4-2-3-13(9-14)10-26-23(30)21-27-17-6-5-16(25)20(19(17)22(29)28-21)34-8-7-15-11-36-18(12-35-15)24(31)32/h2-6,9,15,18H,7-8,10-12H2,1H3,(H,26,30)(H,31,32)(H,27,28,29). The molecule has 11 nitrogen and oxygen atoms in total. The molecule has 1 saturated heterocycles. The van der Waals surface area contributed by atoms with Crippen LogP contribution < -0.4 is 20.3 Å². The number of aliphatic carboxylic acids is 1. The third kappa shape index (κ3) is 5.78. The molecule has 1 aromatic heterocycles. The summed E-state index contributed by atoms with van der Waals surface area (Å²) in [7, 11) is 1.54. The number of rotatable bonds is 9. The van der Waals surface area contributed by atoms with Crippen LogP contribution in [0.3, 0.4) is 0 Å². The number of nitrogens with one attached hydrogen (secondary N) is 2. The van der Waals surface area contributed by atoms with Crippen molar-refractivity contribution in [3.05, 3.63) is 64.0 Å². The number of methoxy groups -OCH3 is 1. The zero-order chi connectivity index (χ0) is 25.7. The topological polar surface area (TPSA) is 149 Å². The summed E-state index contributed by atoms with van der Waals surface area (Å²) in [5.41, 5.74) is 0.139. The van der Waals surface area contributed by atoms with Gasteiger partial charge in [0.15, 0.2) is 23.5 Å². The molecule has 3 N–H and O–H groups in total. The fourth-order valence-corrected chi connectivity index (χ4v) is 3.62. The molecule has 1 amide bonds. The van der Waals surface area contributed by atoms with Crippen LogP contribution in [0, 0.1) is 5.82 Å². The number of nitrogens with zero attached hydrogens (tertiary/aromatic N) is 1. The number of aromatic nitrogens is 2. The van der Waals surface area contributed by atoms with Crippen LogP contribution in [0.5, 0.6) is 11.5 Å². The molecule has 2 atom stereocenters. The Balaban J connectivity index is 1.43. The summed E-state index contributed by atoms with van der Waals surface area (Å²) in [4.78, 5) is 42.8. The van der Waals surface area contributed by atoms with E-state index in [9.17, 15) is 18.8 Å². The maximum absolute atomic E-state index is 14.5. The fraction of sp³-hybridized carbons (Fsp3) is 0.333. The number of carboxylic acid groups (broad SMARTS) is 1. The van der Waals surface area contributed by atoms with E-state index in [-0.39, 0.29) is 55.3 Å². The predicted octanol–water partition coefficient (Wildman–Crippen LogP) is 1.64. The number of H-pyrrole nitrogens is 1. The Morgan fingerprint density at radius 1 is 1.25 bits per heavy atom. The van der Waals surface area contributed by atoms with Gasteiger partial charge in [-0.05, 0) is 29.8 Å². The summed E-state index contributed by atoms with van der Waals surface area (Å²) in [5.74, 6) is -2.38. The first-order valence-electron chi connectivity index (χ1n) is 11.1. The van der Waals surface area contributed by atoms with E-state index in [1.807, 2.05) is 0 Å². The number of fused-ring (bicyclic) bond motifs is 1. The number of amides is 1. The number of aromatic amines is 1. The fourth-order valence-electron chi connectivity index (χ4n) is 3.62. The quantitative estimate of drug-likeness (QED) is 0.398. The molecule has 12 heteroatoms. The van der Waals surface area contributed by atoms with Crippen LogP contribution in [0.15, 0.2) is 41.2 Å². The van der Waals surface area contributed by atoms with Crippen LogP contribution in [0.1, 0.15) is 22.6 Å². The SMILES string of the molecule is COc1cccc(CNC(=O)c2nc3ccc(F)c(OCCC4COC(C(=O)O)CO4)c3c(=O)[nH]2)c1. The van der Waals surface area contributed by atoms with E-state index in [1.54, 1.807) is 24.3 Å². The van der Waals surface area contributed by atoms with Crippen LogP contribution in [-0.2, 0) is 20.8 Å². The molecule has 2 unspecified atom stereocenters. The van der Waals surface area contributed by atoms with E-state index >= 15 is 0 Å². The molecule has 0 radical (unpaired) electrons. The van der Waals surface area contributed by atoms with Crippen LogP contribution in [0.2, 0.25) is 0 Å². The number of halogens is 1. The molecule has 2 heterocycles. The molecule has 1 fully saturated rings. The van der Waals surface area contributed by atoms with E-state index < -0.39 is 35.5 Å². The monoisotopic (exact) mass is 501 g/mol. The zero-order valence-electron chi connectivity index (χ0n) is 19.3. The van der Waals surface area contributed by atoms with Crippen LogP contribution in [0.25, 0.3) is 10.9 Å². The van der Waals surface area contributed by atoms with Gasteiger partial charge < -0.3 is 34.4 Å². The van der Waals surface area contributed by atoms with Crippen molar-refractivity contribution in [3.8, 4) is 11.5 Å². The highest BCUT2D eigenvalue weighted by atomic mass is 19.1. The van der Waals surface area contributed by atoms with E-state index in [1.165, 1.54) is 13.2 Å². The molecule has 0 bridgehead atoms. The number of hydrogen-bond donors (Lipinski definition) is 3. The van der Waals surface area contributed by atoms with Gasteiger partial charge >= 0.3 is 5.97 Å². The molecule has 1 aliphatic rings. The van der Waals surface area contributed by atoms with E-state index in [2.05, 4.69) is 15.3 Å². The van der Waals surface area contributed by atoms with E-state index in [4.69, 9.17) is 24.1 Å². The van der Waals surface area contributed by atoms with Gasteiger partial charge in [0.25, 0.3) is 11.5 Å². The lowest BCUT2D eigenvalue weighted by Crippen LogP contribution is -2.40. The molecule has 0 spiro atoms. The average molecular weight is 501 g/mol. The summed E-state index contributed by atoms with van der Waals surface area (Å²) in [6.07, 6.45) is -1.18. The van der Waals surface area contributed by atoms with Crippen LogP contribution in [0.4, 0.5) is 4.39 Å². The molecule has 36 heavy (non-hydrogen) atoms. The predicted molar refractivity (Wildman–Crippen MR) is 124 cm³/mol. The molecule has 3 aromatic rings. The second kappa shape index (κ2) is 11.1. The number of carboxylic acids is 1. The Labute approximate surface area is 204 Å². The molecule has 1 aliphatic heterocycles. The van der Waals surface area contributed by atoms with Crippen molar-refractivity contribution < 1.29 is 38.0 Å². The van der Waals surface area contributed by atoms with Gasteiger partial charge in [-0.1, -0.05) is 12.1 Å². The largest absolute Gasteiger partial charge is 0.497 e. The smallest absolute Gasteiger partial charge is 0.335 e. The van der Waals surface area contributed by atoms with Gasteiger partial charge in [-0.25, -0.2) is 14.2 Å². The first-order chi connectivity index (χ1) is 17.4. The average Bonchev–Trinajstić information content (AvgIpc) is 2.88. The Morgan fingerprint density at radius 3 is 2.81 bits per heavy atom. The maximum atomic E-state index is 14.5. The zero-order valence-corrected chi connectivity index (χ0v) is 19.3. The molecule has 190 valence electrons. The lowest BCUT2D eigenvalue weighted by atomic mass is 10.2. The summed E-state index contributed by atoms with van der Waals surface area (Å²) < 4.78 is 35.8. The highest BCUT2D eigenvalue weighted by molar-refractivity contribution is 5.93. The molecule has 0 saturated carbocycles. The van der Waals surface area contributed by atoms with Crippen molar-refractivity contribution >= 4 is 22.8 Å². The highest BCUT2D eigenvalue weighted by Crippen LogP contribution is 2.26. The van der Waals surface area contributed by atoms with E-state index in [0.29, 0.717) is 5.75 Å². The first kappa shape index (κ1) is 25.1. The van der Waals surface area contributed by atoms with Gasteiger partial charge in [-0.2, -0.15) is 0 Å². The summed E-state index contributed by atoms with van der Waals surface area (Å²) >= 11 is 0. The van der Waals surface area contributed by atoms with E-state index in [0.717, 1.165) is 11.6 Å². The Morgan fingerprint density at radius 2 is 2.08 bits per heavy atom. The van der Waals surface area contributed by atoms with Crippen molar-refractivity contribution in [2.45, 2.75) is 25.2 Å². The van der Waals surface area contributed by atoms with Gasteiger partial charge in [0.2, 0.25) is 0 Å². The van der Waals surface area contributed by atoms with Gasteiger partial charge in [-0.15, -0.1) is 0 Å². The number of ether oxygens (including phenoxy) is 4. The van der Waals surface area contributed by atoms with Gasteiger partial charge in [0.1, 0.15) is 11.1 Å². The normalized spacial score (nSPS) is 17.5. The lowest BCUT2D eigenvalue weighted by Gasteiger charge is -2.27. The number of carbonyl (C=O) groups excluding carboxylic acids is 1. The Hall–Kier alpha value is -4.03. The summed E-state index contributed by atoms with van der Waals surface area (Å²) in [6, 6.07) is 9.51. The second-order valence-corrected chi connectivity index (χ2v) is 7.97. The number of hydrogen-bond acceptors (Lipinski definition) is 8. The molecule has 2 aromatic carbocycles. The maximum Gasteiger partial charge on any atom is 0.335 e. The Bertz CT molecular complexity index is 1320. The number of benzene rings is 2. The van der Waals surface area contributed by atoms with Gasteiger partial charge in [0, 0.05) is 13.0 Å². The molecular formula is C24H24FN3O8. The minimum Gasteiger partial charge on any atom is -0.497 e. The van der Waals surface area contributed by atoms with Crippen molar-refractivity contribution in [3.63, 3.8) is 0 Å². The molecule has 4 rings (SSSR count). The van der Waals surface area contributed by atoms with Gasteiger partial charge in [-0.3, -0.25) is 9.59 Å². The summed E-state index contributed by atoms with van der Waals surface area (Å²) in [6.45, 7) is 0.101. The summed E-state index contributed by atoms with van der Waals surface area (Å²) in [5, 5.41) is 11.5. The lowest BCUT2D eigenvalue weighted by molar-refractivity contribution is -0.176. The van der Waals surface area contributed by atoms with Crippen molar-refractivity contribution in [2.24, 2.45) is 0 Å². The third-order valence-corrected chi connectivity index (χ3v) is 5.51. The highest BCUT2D eigenvalue weighted by Gasteiger charge is 2.27. The van der Waals surface area contributed by atoms with Crippen LogP contribution in [-0.4, -0.2) is 66.1 Å². The first-order valence-corrected chi connectivity index (χ1v) is 11.1. The minimum absolute atomic E-state index is 0.0238. The number of carbonyl (C=O) groups is 2. The second-order valence-electron chi connectivity index (χ2n) is 7.97. The Kier molecular flexibility index (Phi) is 7.76. The minimum atomic E-state index is -1.11. The molecular weight excluding hydrogens is 477 g/mol. The van der Waals surface area contributed by atoms with Crippen molar-refractivity contribution in [1.82, 2.24) is 15.3 Å².